The quantitative estimate of drug-likeness (QED) is 0.837. The Labute approximate surface area is 115 Å². The molecule has 0 bridgehead atoms. The Bertz CT molecular complexity index is 408. The molecule has 1 saturated heterocycles. The Kier molecular flexibility index (Phi) is 4.39. The van der Waals surface area contributed by atoms with Crippen LogP contribution in [0.5, 0.6) is 0 Å². The molecule has 0 aromatic heterocycles. The minimum atomic E-state index is 0.0223. The topological polar surface area (TPSA) is 38.3 Å². The molecular formula is C13H16INO2. The molecule has 1 N–H and O–H groups in total. The average Bonchev–Trinajstić information content (AvgIpc) is 2.29. The smallest absolute Gasteiger partial charge is 0.252 e. The zero-order valence-corrected chi connectivity index (χ0v) is 11.9. The van der Waals surface area contributed by atoms with Crippen molar-refractivity contribution in [2.45, 2.75) is 31.9 Å². The Balaban J connectivity index is 1.99. The minimum absolute atomic E-state index is 0.0223. The Morgan fingerprint density at radius 2 is 2.24 bits per heavy atom. The number of halogens is 1. The maximum Gasteiger partial charge on any atom is 0.252 e. The summed E-state index contributed by atoms with van der Waals surface area (Å²) < 4.78 is 6.45. The van der Waals surface area contributed by atoms with Gasteiger partial charge in [-0.05, 0) is 54.5 Å². The molecule has 1 aromatic carbocycles. The normalized spacial score (nSPS) is 24.4. The summed E-state index contributed by atoms with van der Waals surface area (Å²) in [5.74, 6) is 0.0223. The number of rotatable bonds is 2. The predicted octanol–water partition coefficient (Wildman–Crippen LogP) is 2.59. The fraction of sp³-hybridized carbons (Fsp3) is 0.462. The second-order valence-electron chi connectivity index (χ2n) is 4.36. The third-order valence-electron chi connectivity index (χ3n) is 2.94. The molecule has 0 radical (unpaired) electrons. The lowest BCUT2D eigenvalue weighted by Gasteiger charge is -2.28. The van der Waals surface area contributed by atoms with E-state index in [1.54, 1.807) is 0 Å². The standard InChI is InChI=1S/C13H16INO2/c1-9-8-10(6-7-17-9)15-13(16)11-4-2-3-5-12(11)14/h2-5,9-10H,6-8H2,1H3,(H,15,16). The molecule has 2 atom stereocenters. The van der Waals surface area contributed by atoms with E-state index in [2.05, 4.69) is 27.9 Å². The van der Waals surface area contributed by atoms with Gasteiger partial charge in [0.05, 0.1) is 11.7 Å². The maximum absolute atomic E-state index is 12.1. The van der Waals surface area contributed by atoms with Crippen molar-refractivity contribution in [1.82, 2.24) is 5.32 Å². The highest BCUT2D eigenvalue weighted by molar-refractivity contribution is 14.1. The molecule has 3 nitrogen and oxygen atoms in total. The second kappa shape index (κ2) is 5.82. The number of nitrogens with one attached hydrogen (secondary N) is 1. The molecule has 1 aliphatic rings. The van der Waals surface area contributed by atoms with Crippen LogP contribution in [0.2, 0.25) is 0 Å². The first kappa shape index (κ1) is 12.8. The molecule has 1 aliphatic heterocycles. The van der Waals surface area contributed by atoms with E-state index in [4.69, 9.17) is 4.74 Å². The largest absolute Gasteiger partial charge is 0.378 e. The summed E-state index contributed by atoms with van der Waals surface area (Å²) in [6.45, 7) is 2.78. The lowest BCUT2D eigenvalue weighted by molar-refractivity contribution is 0.0136. The Hall–Kier alpha value is -0.620. The van der Waals surface area contributed by atoms with Crippen molar-refractivity contribution in [3.05, 3.63) is 33.4 Å². The first-order chi connectivity index (χ1) is 8.16. The molecule has 1 aromatic rings. The molecule has 17 heavy (non-hydrogen) atoms. The number of carbonyl (C=O) groups excluding carboxylic acids is 1. The van der Waals surface area contributed by atoms with Crippen molar-refractivity contribution in [3.8, 4) is 0 Å². The van der Waals surface area contributed by atoms with Crippen molar-refractivity contribution in [2.24, 2.45) is 0 Å². The van der Waals surface area contributed by atoms with Gasteiger partial charge < -0.3 is 10.1 Å². The lowest BCUT2D eigenvalue weighted by atomic mass is 10.0. The summed E-state index contributed by atoms with van der Waals surface area (Å²) in [6, 6.07) is 7.88. The van der Waals surface area contributed by atoms with Crippen LogP contribution >= 0.6 is 22.6 Å². The van der Waals surface area contributed by atoms with Crippen molar-refractivity contribution in [2.75, 3.05) is 6.61 Å². The number of hydrogen-bond acceptors (Lipinski definition) is 2. The van der Waals surface area contributed by atoms with Gasteiger partial charge in [0.15, 0.2) is 0 Å². The summed E-state index contributed by atoms with van der Waals surface area (Å²) in [4.78, 5) is 12.1. The van der Waals surface area contributed by atoms with Crippen LogP contribution in [-0.4, -0.2) is 24.7 Å². The van der Waals surface area contributed by atoms with Crippen LogP contribution in [0, 0.1) is 3.57 Å². The van der Waals surface area contributed by atoms with Gasteiger partial charge in [0.1, 0.15) is 0 Å². The van der Waals surface area contributed by atoms with Crippen molar-refractivity contribution in [3.63, 3.8) is 0 Å². The van der Waals surface area contributed by atoms with E-state index in [1.165, 1.54) is 0 Å². The van der Waals surface area contributed by atoms with E-state index in [1.807, 2.05) is 31.2 Å². The number of amides is 1. The minimum Gasteiger partial charge on any atom is -0.378 e. The van der Waals surface area contributed by atoms with Crippen molar-refractivity contribution >= 4 is 28.5 Å². The SMILES string of the molecule is CC1CC(NC(=O)c2ccccc2I)CCO1. The summed E-state index contributed by atoms with van der Waals surface area (Å²) in [6.07, 6.45) is 2.04. The van der Waals surface area contributed by atoms with E-state index in [-0.39, 0.29) is 18.1 Å². The molecule has 92 valence electrons. The fourth-order valence-corrected chi connectivity index (χ4v) is 2.67. The van der Waals surface area contributed by atoms with E-state index >= 15 is 0 Å². The maximum atomic E-state index is 12.1. The van der Waals surface area contributed by atoms with Gasteiger partial charge >= 0.3 is 0 Å². The summed E-state index contributed by atoms with van der Waals surface area (Å²) in [5, 5.41) is 3.08. The van der Waals surface area contributed by atoms with E-state index in [9.17, 15) is 4.79 Å². The van der Waals surface area contributed by atoms with Crippen LogP contribution in [-0.2, 0) is 4.74 Å². The number of benzene rings is 1. The Morgan fingerprint density at radius 1 is 1.47 bits per heavy atom. The number of carbonyl (C=O) groups is 1. The molecule has 4 heteroatoms. The van der Waals surface area contributed by atoms with Gasteiger partial charge in [0.25, 0.3) is 5.91 Å². The van der Waals surface area contributed by atoms with Crippen LogP contribution in [0.4, 0.5) is 0 Å². The molecule has 2 unspecified atom stereocenters. The highest BCUT2D eigenvalue weighted by atomic mass is 127. The molecular weight excluding hydrogens is 329 g/mol. The highest BCUT2D eigenvalue weighted by Crippen LogP contribution is 2.15. The monoisotopic (exact) mass is 345 g/mol. The zero-order valence-electron chi connectivity index (χ0n) is 9.78. The number of ether oxygens (including phenoxy) is 1. The first-order valence-corrected chi connectivity index (χ1v) is 6.91. The average molecular weight is 345 g/mol. The van der Waals surface area contributed by atoms with Crippen LogP contribution in [0.25, 0.3) is 0 Å². The van der Waals surface area contributed by atoms with Gasteiger partial charge in [-0.2, -0.15) is 0 Å². The van der Waals surface area contributed by atoms with E-state index in [0.29, 0.717) is 0 Å². The van der Waals surface area contributed by atoms with Gasteiger partial charge in [0, 0.05) is 16.2 Å². The van der Waals surface area contributed by atoms with Gasteiger partial charge in [0.2, 0.25) is 0 Å². The summed E-state index contributed by atoms with van der Waals surface area (Å²) in [7, 11) is 0. The molecule has 2 rings (SSSR count). The molecule has 0 aliphatic carbocycles. The Morgan fingerprint density at radius 3 is 2.94 bits per heavy atom. The fourth-order valence-electron chi connectivity index (χ4n) is 2.04. The van der Waals surface area contributed by atoms with Gasteiger partial charge in [-0.25, -0.2) is 0 Å². The number of hydrogen-bond donors (Lipinski definition) is 1. The van der Waals surface area contributed by atoms with Crippen LogP contribution in [0.1, 0.15) is 30.1 Å². The summed E-state index contributed by atoms with van der Waals surface area (Å²) >= 11 is 2.19. The van der Waals surface area contributed by atoms with E-state index in [0.717, 1.165) is 28.6 Å². The molecule has 0 spiro atoms. The highest BCUT2D eigenvalue weighted by Gasteiger charge is 2.21. The molecule has 1 heterocycles. The van der Waals surface area contributed by atoms with Crippen LogP contribution in [0.3, 0.4) is 0 Å². The van der Waals surface area contributed by atoms with Gasteiger partial charge in [-0.15, -0.1) is 0 Å². The predicted molar refractivity (Wildman–Crippen MR) is 75.1 cm³/mol. The third kappa shape index (κ3) is 3.42. The third-order valence-corrected chi connectivity index (χ3v) is 3.88. The van der Waals surface area contributed by atoms with Crippen molar-refractivity contribution in [1.29, 1.82) is 0 Å². The van der Waals surface area contributed by atoms with Crippen LogP contribution < -0.4 is 5.32 Å². The summed E-state index contributed by atoms with van der Waals surface area (Å²) in [5.41, 5.74) is 0.757. The van der Waals surface area contributed by atoms with Gasteiger partial charge in [-0.1, -0.05) is 12.1 Å². The zero-order chi connectivity index (χ0) is 12.3. The van der Waals surface area contributed by atoms with Crippen LogP contribution in [0.15, 0.2) is 24.3 Å². The molecule has 1 amide bonds. The van der Waals surface area contributed by atoms with Gasteiger partial charge in [-0.3, -0.25) is 4.79 Å². The van der Waals surface area contributed by atoms with Crippen molar-refractivity contribution < 1.29 is 9.53 Å². The molecule has 0 saturated carbocycles. The molecule has 1 fully saturated rings. The first-order valence-electron chi connectivity index (χ1n) is 5.84. The lowest BCUT2D eigenvalue weighted by Crippen LogP contribution is -2.41. The van der Waals surface area contributed by atoms with E-state index < -0.39 is 0 Å². The second-order valence-corrected chi connectivity index (χ2v) is 5.52.